The predicted molar refractivity (Wildman–Crippen MR) is 188 cm³/mol. The van der Waals surface area contributed by atoms with Gasteiger partial charge in [-0.2, -0.15) is 0 Å². The lowest BCUT2D eigenvalue weighted by Gasteiger charge is -2.35. The zero-order chi connectivity index (χ0) is 35.4. The van der Waals surface area contributed by atoms with Gasteiger partial charge in [0.2, 0.25) is 17.6 Å². The molecule has 2 fully saturated rings. The van der Waals surface area contributed by atoms with Gasteiger partial charge >= 0.3 is 6.09 Å². The Hall–Kier alpha value is -4.04. The molecule has 1 aromatic carbocycles. The molecule has 3 atom stereocenters. The number of alkyl carbamates (subject to hydrolysis) is 1. The molecule has 1 saturated carbocycles. The van der Waals surface area contributed by atoms with Crippen molar-refractivity contribution in [2.75, 3.05) is 33.0 Å². The van der Waals surface area contributed by atoms with Crippen LogP contribution in [0.1, 0.15) is 107 Å². The van der Waals surface area contributed by atoms with E-state index in [1.165, 1.54) is 11.3 Å². The summed E-state index contributed by atoms with van der Waals surface area (Å²) in [5.74, 6) is -0.389. The molecule has 0 spiro atoms. The van der Waals surface area contributed by atoms with E-state index in [0.717, 1.165) is 38.5 Å². The van der Waals surface area contributed by atoms with Gasteiger partial charge in [0.15, 0.2) is 0 Å². The number of ether oxygens (including phenoxy) is 4. The van der Waals surface area contributed by atoms with E-state index < -0.39 is 29.7 Å². The van der Waals surface area contributed by atoms with E-state index in [1.54, 1.807) is 62.2 Å². The Bertz CT molecular complexity index is 1440. The fourth-order valence-corrected chi connectivity index (χ4v) is 6.98. The number of hydrogen-bond donors (Lipinski definition) is 2. The maximum atomic E-state index is 14.2. The Kier molecular flexibility index (Phi) is 15.7. The molecule has 1 aliphatic heterocycles. The number of ketones is 1. The second kappa shape index (κ2) is 19.4. The third kappa shape index (κ3) is 11.8. The van der Waals surface area contributed by atoms with Gasteiger partial charge in [-0.25, -0.2) is 9.78 Å². The first-order valence-corrected chi connectivity index (χ1v) is 17.8. The number of thiazole rings is 1. The minimum absolute atomic E-state index is 0. The summed E-state index contributed by atoms with van der Waals surface area (Å²) in [6, 6.07) is 4.87. The molecule has 276 valence electrons. The molecule has 14 heteroatoms. The van der Waals surface area contributed by atoms with Gasteiger partial charge in [-0.1, -0.05) is 38.8 Å². The van der Waals surface area contributed by atoms with Crippen molar-refractivity contribution in [3.05, 3.63) is 45.9 Å². The highest BCUT2D eigenvalue weighted by Gasteiger charge is 2.40. The first kappa shape index (κ1) is 40.4. The van der Waals surface area contributed by atoms with Crippen molar-refractivity contribution in [2.45, 2.75) is 104 Å². The van der Waals surface area contributed by atoms with Crippen molar-refractivity contribution in [1.29, 1.82) is 0 Å². The van der Waals surface area contributed by atoms with Crippen molar-refractivity contribution in [2.24, 2.45) is 5.92 Å². The van der Waals surface area contributed by atoms with E-state index in [0.29, 0.717) is 42.4 Å². The summed E-state index contributed by atoms with van der Waals surface area (Å²) in [6.45, 7) is 8.67. The fourth-order valence-electron chi connectivity index (χ4n) is 6.04. The molecular formula is C36H52N4O9S. The highest BCUT2D eigenvalue weighted by atomic mass is 32.1. The number of likely N-dealkylation sites (tertiary alicyclic amines) is 1. The molecule has 1 aromatic heterocycles. The Labute approximate surface area is 298 Å². The molecular weight excluding hydrogens is 664 g/mol. The Morgan fingerprint density at radius 2 is 1.76 bits per heavy atom. The van der Waals surface area contributed by atoms with Gasteiger partial charge in [0.05, 0.1) is 19.3 Å². The van der Waals surface area contributed by atoms with E-state index >= 15 is 0 Å². The number of benzene rings is 1. The molecule has 1 saturated heterocycles. The molecule has 0 bridgehead atoms. The number of amides is 3. The van der Waals surface area contributed by atoms with Gasteiger partial charge < -0.3 is 34.5 Å². The summed E-state index contributed by atoms with van der Waals surface area (Å²) in [6.07, 6.45) is 5.47. The molecule has 2 aromatic rings. The van der Waals surface area contributed by atoms with Crippen LogP contribution in [-0.2, 0) is 28.6 Å². The summed E-state index contributed by atoms with van der Waals surface area (Å²) in [4.78, 5) is 69.9. The number of hydrogen-bond acceptors (Lipinski definition) is 11. The van der Waals surface area contributed by atoms with E-state index in [9.17, 15) is 24.0 Å². The molecule has 4 rings (SSSR count). The van der Waals surface area contributed by atoms with Crippen LogP contribution in [0.15, 0.2) is 29.6 Å². The molecule has 0 radical (unpaired) electrons. The molecule has 50 heavy (non-hydrogen) atoms. The second-order valence-electron chi connectivity index (χ2n) is 13.3. The maximum Gasteiger partial charge on any atom is 0.408 e. The Morgan fingerprint density at radius 1 is 1.02 bits per heavy atom. The smallest absolute Gasteiger partial charge is 0.408 e. The van der Waals surface area contributed by atoms with Gasteiger partial charge in [-0.3, -0.25) is 19.2 Å². The molecule has 1 aliphatic carbocycles. The molecule has 2 N–H and O–H groups in total. The molecule has 2 aliphatic rings. The monoisotopic (exact) mass is 716 g/mol. The molecule has 13 nitrogen and oxygen atoms in total. The van der Waals surface area contributed by atoms with Gasteiger partial charge in [-0.15, -0.1) is 11.3 Å². The molecule has 0 unspecified atom stereocenters. The third-order valence-electron chi connectivity index (χ3n) is 8.39. The number of nitrogens with zero attached hydrogens (tertiary/aromatic N) is 2. The van der Waals surface area contributed by atoms with Crippen LogP contribution in [0.5, 0.6) is 5.75 Å². The SMILES string of the molecule is C.C[C@H](NC(=O)OC(C)(C)C)C(=O)N[C@H](C(=O)N1CCC[C@H]1c1nc(C(=O)c2cccc(OCCOCCOC=O)c2)cs1)C1CCCCC1. The highest BCUT2D eigenvalue weighted by Crippen LogP contribution is 2.36. The van der Waals surface area contributed by atoms with Gasteiger partial charge in [0.25, 0.3) is 6.47 Å². The van der Waals surface area contributed by atoms with Crippen molar-refractivity contribution in [1.82, 2.24) is 20.5 Å². The predicted octanol–water partition coefficient (Wildman–Crippen LogP) is 5.22. The summed E-state index contributed by atoms with van der Waals surface area (Å²) < 4.78 is 20.9. The number of rotatable bonds is 16. The van der Waals surface area contributed by atoms with E-state index in [4.69, 9.17) is 19.2 Å². The fraction of sp³-hybridized carbons (Fsp3) is 0.611. The number of aromatic nitrogens is 1. The average molecular weight is 717 g/mol. The van der Waals surface area contributed by atoms with Crippen molar-refractivity contribution < 1.29 is 42.9 Å². The number of carbonyl (C=O) groups is 5. The number of carbonyl (C=O) groups excluding carboxylic acids is 5. The topological polar surface area (TPSA) is 162 Å². The summed E-state index contributed by atoms with van der Waals surface area (Å²) in [5, 5.41) is 7.93. The highest BCUT2D eigenvalue weighted by molar-refractivity contribution is 7.10. The normalized spacial score (nSPS) is 17.5. The average Bonchev–Trinajstić information content (AvgIpc) is 3.76. The van der Waals surface area contributed by atoms with E-state index in [-0.39, 0.29) is 56.6 Å². The van der Waals surface area contributed by atoms with Crippen LogP contribution in [0.2, 0.25) is 0 Å². The van der Waals surface area contributed by atoms with Crippen LogP contribution >= 0.6 is 11.3 Å². The lowest BCUT2D eigenvalue weighted by atomic mass is 9.83. The first-order chi connectivity index (χ1) is 23.5. The molecule has 2 heterocycles. The lowest BCUT2D eigenvalue weighted by Crippen LogP contribution is -2.56. The third-order valence-corrected chi connectivity index (χ3v) is 9.34. The van der Waals surface area contributed by atoms with E-state index in [2.05, 4.69) is 15.4 Å². The minimum atomic E-state index is -0.901. The largest absolute Gasteiger partial charge is 0.491 e. The summed E-state index contributed by atoms with van der Waals surface area (Å²) in [5.41, 5.74) is -0.00614. The zero-order valence-corrected chi connectivity index (χ0v) is 29.6. The van der Waals surface area contributed by atoms with Crippen LogP contribution in [0.4, 0.5) is 4.79 Å². The maximum absolute atomic E-state index is 14.2. The second-order valence-corrected chi connectivity index (χ2v) is 14.2. The quantitative estimate of drug-likeness (QED) is 0.134. The van der Waals surface area contributed by atoms with Crippen LogP contribution in [0.3, 0.4) is 0 Å². The summed E-state index contributed by atoms with van der Waals surface area (Å²) in [7, 11) is 0. The number of nitrogens with one attached hydrogen (secondary N) is 2. The van der Waals surface area contributed by atoms with Crippen molar-refractivity contribution >= 4 is 41.5 Å². The first-order valence-electron chi connectivity index (χ1n) is 16.9. The van der Waals surface area contributed by atoms with Crippen LogP contribution < -0.4 is 15.4 Å². The van der Waals surface area contributed by atoms with Crippen LogP contribution in [0, 0.1) is 5.92 Å². The Balaban J connectivity index is 0.00000676. The van der Waals surface area contributed by atoms with Gasteiger partial charge in [-0.05, 0) is 71.4 Å². The van der Waals surface area contributed by atoms with Crippen LogP contribution in [-0.4, -0.2) is 90.7 Å². The van der Waals surface area contributed by atoms with Crippen molar-refractivity contribution in [3.8, 4) is 5.75 Å². The van der Waals surface area contributed by atoms with Crippen molar-refractivity contribution in [3.63, 3.8) is 0 Å². The summed E-state index contributed by atoms with van der Waals surface area (Å²) >= 11 is 1.34. The Morgan fingerprint density at radius 3 is 2.48 bits per heavy atom. The minimum Gasteiger partial charge on any atom is -0.491 e. The molecule has 3 amide bonds. The van der Waals surface area contributed by atoms with E-state index in [1.807, 2.05) is 0 Å². The van der Waals surface area contributed by atoms with Gasteiger partial charge in [0.1, 0.15) is 47.3 Å². The lowest BCUT2D eigenvalue weighted by molar-refractivity contribution is -0.139. The van der Waals surface area contributed by atoms with Crippen LogP contribution in [0.25, 0.3) is 0 Å². The zero-order valence-electron chi connectivity index (χ0n) is 28.7. The van der Waals surface area contributed by atoms with Gasteiger partial charge in [0, 0.05) is 17.5 Å². The standard InChI is InChI=1S/C35H48N4O9S.CH4/c1-23(36-34(44)48-35(2,3)4)31(42)38-29(24-10-6-5-7-11-24)33(43)39-15-9-14-28(39)32-37-27(21-49-32)30(41)25-12-8-13-26(20-25)47-19-18-45-16-17-46-22-40;/h8,12-13,20-24,28-29H,5-7,9-11,14-19H2,1-4H3,(H,36,44)(H,38,42);1H4/t23-,28-,29-;/m0./s1.